The van der Waals surface area contributed by atoms with Crippen molar-refractivity contribution in [3.05, 3.63) is 12.7 Å². The zero-order valence-electron chi connectivity index (χ0n) is 32.0. The third kappa shape index (κ3) is 17.3. The van der Waals surface area contributed by atoms with Crippen LogP contribution in [0.2, 0.25) is 0 Å². The molecule has 10 N–H and O–H groups in total. The van der Waals surface area contributed by atoms with Crippen LogP contribution in [-0.4, -0.2) is 128 Å². The Kier molecular flexibility index (Phi) is 20.9. The lowest BCUT2D eigenvalue weighted by atomic mass is 9.98. The lowest BCUT2D eigenvalue weighted by molar-refractivity contribution is -0.148. The standard InChI is InChI=1S/C34H51N7O15/c1-9-10-19(26(47)27(48)33(54)36-17(7)34(55)56)38-28(49)16(6)35-31(52)24(14(2)3)41-32(53)25(15(4)5)40-30(51)21(13-23(45)46)39-29(50)20(37-18(8)42)11-12-22(43)44/h9,14-17,19-21,24-25H,1,10-13H2,2-8H3,(H,35,52)(H,36,54)(H,37,42)(H,38,49)(H,39,50)(H,40,51)(H,41,53)(H,43,44)(H,45,46)(H,55,56)/t16-,17-,19?,20-,21-,24-,25-/m0/s1. The molecule has 0 rings (SSSR count). The number of Topliss-reactive ketones (excluding diaryl/α,β-unsaturated/α-hetero) is 2. The molecule has 0 fully saturated rings. The largest absolute Gasteiger partial charge is 0.481 e. The topological polar surface area (TPSA) is 350 Å². The van der Waals surface area contributed by atoms with Crippen LogP contribution in [0.25, 0.3) is 0 Å². The highest BCUT2D eigenvalue weighted by atomic mass is 16.4. The molecule has 0 aliphatic carbocycles. The minimum Gasteiger partial charge on any atom is -0.481 e. The van der Waals surface area contributed by atoms with Crippen LogP contribution < -0.4 is 37.2 Å². The number of nitrogens with one attached hydrogen (secondary N) is 7. The van der Waals surface area contributed by atoms with Crippen molar-refractivity contribution < 1.29 is 72.9 Å². The third-order valence-electron chi connectivity index (χ3n) is 7.78. The van der Waals surface area contributed by atoms with Crippen LogP contribution in [-0.2, 0) is 57.5 Å². The Morgan fingerprint density at radius 2 is 1.04 bits per heavy atom. The quantitative estimate of drug-likeness (QED) is 0.0248. The van der Waals surface area contributed by atoms with Gasteiger partial charge in [0.2, 0.25) is 41.2 Å². The van der Waals surface area contributed by atoms with E-state index < -0.39 is 138 Å². The van der Waals surface area contributed by atoms with E-state index in [1.165, 1.54) is 34.6 Å². The second kappa shape index (κ2) is 23.5. The van der Waals surface area contributed by atoms with Crippen LogP contribution in [0.15, 0.2) is 12.7 Å². The van der Waals surface area contributed by atoms with E-state index in [-0.39, 0.29) is 12.8 Å². The SMILES string of the molecule is C=CCC(NC(=O)[C@H](C)NC(=O)[C@@H](NC(=O)[C@@H](NC(=O)[C@H](CC(=O)O)NC(=O)[C@H](CCC(=O)O)NC(C)=O)C(C)C)C(C)C)C(=O)C(=O)C(=O)N[C@@H](C)C(=O)O. The summed E-state index contributed by atoms with van der Waals surface area (Å²) in [5.74, 6) is -15.9. The van der Waals surface area contributed by atoms with Crippen molar-refractivity contribution in [2.45, 2.75) is 116 Å². The molecule has 0 saturated carbocycles. The number of aliphatic carboxylic acids is 3. The molecule has 0 spiro atoms. The first-order chi connectivity index (χ1) is 25.8. The highest BCUT2D eigenvalue weighted by Crippen LogP contribution is 2.09. The maximum Gasteiger partial charge on any atom is 0.325 e. The number of rotatable bonds is 25. The van der Waals surface area contributed by atoms with E-state index in [4.69, 9.17) is 10.2 Å². The summed E-state index contributed by atoms with van der Waals surface area (Å²) in [6, 6.07) is -10.6. The van der Waals surface area contributed by atoms with Gasteiger partial charge in [0.05, 0.1) is 12.5 Å². The van der Waals surface area contributed by atoms with Gasteiger partial charge >= 0.3 is 17.9 Å². The maximum absolute atomic E-state index is 13.5. The van der Waals surface area contributed by atoms with E-state index >= 15 is 0 Å². The van der Waals surface area contributed by atoms with E-state index in [9.17, 15) is 62.6 Å². The molecule has 0 radical (unpaired) electrons. The summed E-state index contributed by atoms with van der Waals surface area (Å²) in [6.45, 7) is 12.8. The van der Waals surface area contributed by atoms with Crippen LogP contribution in [0.4, 0.5) is 0 Å². The first-order valence-electron chi connectivity index (χ1n) is 17.3. The maximum atomic E-state index is 13.5. The molecule has 312 valence electrons. The van der Waals surface area contributed by atoms with E-state index in [1.54, 1.807) is 0 Å². The van der Waals surface area contributed by atoms with Gasteiger partial charge in [-0.2, -0.15) is 0 Å². The van der Waals surface area contributed by atoms with Gasteiger partial charge in [0, 0.05) is 13.3 Å². The zero-order valence-corrected chi connectivity index (χ0v) is 32.0. The number of carboxylic acids is 3. The molecule has 0 aromatic rings. The summed E-state index contributed by atoms with van der Waals surface area (Å²) in [5.41, 5.74) is 0. The Bertz CT molecular complexity index is 1560. The van der Waals surface area contributed by atoms with Crippen LogP contribution in [0.3, 0.4) is 0 Å². The van der Waals surface area contributed by atoms with Gasteiger partial charge in [-0.25, -0.2) is 0 Å². The lowest BCUT2D eigenvalue weighted by Crippen LogP contribution is -2.61. The highest BCUT2D eigenvalue weighted by molar-refractivity contribution is 6.64. The molecular weight excluding hydrogens is 746 g/mol. The molecule has 7 amide bonds. The lowest BCUT2D eigenvalue weighted by Gasteiger charge is -2.29. The molecule has 0 bridgehead atoms. The number of ketones is 2. The van der Waals surface area contributed by atoms with Crippen molar-refractivity contribution >= 4 is 70.8 Å². The van der Waals surface area contributed by atoms with Crippen LogP contribution in [0, 0.1) is 11.8 Å². The average Bonchev–Trinajstić information content (AvgIpc) is 3.08. The van der Waals surface area contributed by atoms with Gasteiger partial charge in [0.25, 0.3) is 11.7 Å². The molecule has 7 atom stereocenters. The minimum atomic E-state index is -1.80. The van der Waals surface area contributed by atoms with Crippen molar-refractivity contribution in [1.82, 2.24) is 37.2 Å². The van der Waals surface area contributed by atoms with Gasteiger partial charge in [0.15, 0.2) is 0 Å². The molecular formula is C34H51N7O15. The van der Waals surface area contributed by atoms with Gasteiger partial charge in [0.1, 0.15) is 36.3 Å². The third-order valence-corrected chi connectivity index (χ3v) is 7.78. The molecule has 0 saturated heterocycles. The molecule has 56 heavy (non-hydrogen) atoms. The summed E-state index contributed by atoms with van der Waals surface area (Å²) in [7, 11) is 0. The predicted molar refractivity (Wildman–Crippen MR) is 192 cm³/mol. The van der Waals surface area contributed by atoms with Crippen molar-refractivity contribution in [3.63, 3.8) is 0 Å². The Labute approximate surface area is 321 Å². The Morgan fingerprint density at radius 3 is 1.48 bits per heavy atom. The first-order valence-corrected chi connectivity index (χ1v) is 17.3. The monoisotopic (exact) mass is 797 g/mol. The molecule has 0 aliphatic heterocycles. The van der Waals surface area contributed by atoms with Gasteiger partial charge < -0.3 is 52.5 Å². The predicted octanol–water partition coefficient (Wildman–Crippen LogP) is -3.11. The van der Waals surface area contributed by atoms with Gasteiger partial charge in [-0.1, -0.05) is 33.8 Å². The Morgan fingerprint density at radius 1 is 0.554 bits per heavy atom. The fourth-order valence-corrected chi connectivity index (χ4v) is 4.66. The van der Waals surface area contributed by atoms with E-state index in [1.807, 2.05) is 5.32 Å². The molecule has 0 heterocycles. The van der Waals surface area contributed by atoms with Crippen molar-refractivity contribution in [1.29, 1.82) is 0 Å². The average molecular weight is 798 g/mol. The smallest absolute Gasteiger partial charge is 0.325 e. The van der Waals surface area contributed by atoms with Gasteiger partial charge in [-0.15, -0.1) is 6.58 Å². The number of carboxylic acid groups (broad SMARTS) is 3. The number of carbonyl (C=O) groups is 12. The Balaban J connectivity index is 5.94. The summed E-state index contributed by atoms with van der Waals surface area (Å²) in [5, 5.41) is 42.9. The molecule has 22 nitrogen and oxygen atoms in total. The van der Waals surface area contributed by atoms with E-state index in [0.717, 1.165) is 19.9 Å². The van der Waals surface area contributed by atoms with E-state index in [2.05, 4.69) is 38.5 Å². The number of hydrogen-bond acceptors (Lipinski definition) is 12. The van der Waals surface area contributed by atoms with Crippen molar-refractivity contribution in [2.75, 3.05) is 0 Å². The minimum absolute atomic E-state index is 0.330. The normalized spacial score (nSPS) is 14.5. The second-order valence-electron chi connectivity index (χ2n) is 13.3. The van der Waals surface area contributed by atoms with Crippen LogP contribution in [0.5, 0.6) is 0 Å². The Hall–Kier alpha value is -6.22. The zero-order chi connectivity index (χ0) is 43.6. The van der Waals surface area contributed by atoms with Crippen molar-refractivity contribution in [2.24, 2.45) is 11.8 Å². The summed E-state index contributed by atoms with van der Waals surface area (Å²) < 4.78 is 0. The highest BCUT2D eigenvalue weighted by Gasteiger charge is 2.36. The molecule has 0 aliphatic rings. The molecule has 22 heteroatoms. The van der Waals surface area contributed by atoms with Crippen LogP contribution >= 0.6 is 0 Å². The summed E-state index contributed by atoms with van der Waals surface area (Å²) >= 11 is 0. The summed E-state index contributed by atoms with van der Waals surface area (Å²) in [6.07, 6.45) is -1.08. The fourth-order valence-electron chi connectivity index (χ4n) is 4.66. The first kappa shape index (κ1) is 49.8. The molecule has 0 aromatic heterocycles. The second-order valence-corrected chi connectivity index (χ2v) is 13.3. The summed E-state index contributed by atoms with van der Waals surface area (Å²) in [4.78, 5) is 148. The number of amides is 7. The van der Waals surface area contributed by atoms with Crippen molar-refractivity contribution in [3.8, 4) is 0 Å². The number of hydrogen-bond donors (Lipinski definition) is 10. The van der Waals surface area contributed by atoms with Gasteiger partial charge in [-0.3, -0.25) is 57.5 Å². The number of carbonyl (C=O) groups excluding carboxylic acids is 9. The van der Waals surface area contributed by atoms with E-state index in [0.29, 0.717) is 0 Å². The van der Waals surface area contributed by atoms with Gasteiger partial charge in [-0.05, 0) is 38.5 Å². The molecule has 0 aromatic carbocycles. The molecule has 1 unspecified atom stereocenters. The van der Waals surface area contributed by atoms with Crippen LogP contribution in [0.1, 0.15) is 74.1 Å². The fraction of sp³-hybridized carbons (Fsp3) is 0.588.